The summed E-state index contributed by atoms with van der Waals surface area (Å²) in [6.07, 6.45) is 4.06. The Morgan fingerprint density at radius 1 is 0.931 bits per heavy atom. The lowest BCUT2D eigenvalue weighted by atomic mass is 9.99. The highest BCUT2D eigenvalue weighted by molar-refractivity contribution is 5.86. The number of aryl methyl sites for hydroxylation is 2. The number of benzene rings is 2. The molecule has 0 unspecified atom stereocenters. The first kappa shape index (κ1) is 21.1. The second-order valence-electron chi connectivity index (χ2n) is 7.55. The molecule has 3 rings (SSSR count). The van der Waals surface area contributed by atoms with Crippen molar-refractivity contribution in [2.24, 2.45) is 5.92 Å². The first-order chi connectivity index (χ1) is 14.1. The lowest BCUT2D eigenvalue weighted by Crippen LogP contribution is -2.51. The van der Waals surface area contributed by atoms with Gasteiger partial charge in [-0.15, -0.1) is 0 Å². The van der Waals surface area contributed by atoms with Crippen molar-refractivity contribution in [3.63, 3.8) is 0 Å². The number of esters is 2. The molecular weight excluding hydrogens is 366 g/mol. The number of carbonyl (C=O) groups is 2. The van der Waals surface area contributed by atoms with Gasteiger partial charge >= 0.3 is 11.9 Å². The maximum absolute atomic E-state index is 11.6. The average Bonchev–Trinajstić information content (AvgIpc) is 2.68. The quantitative estimate of drug-likeness (QED) is 0.349. The third kappa shape index (κ3) is 7.02. The number of nitrogens with zero attached hydrogens (tertiary/aromatic N) is 1. The molecule has 1 aliphatic heterocycles. The Labute approximate surface area is 172 Å². The molecule has 0 aliphatic carbocycles. The SMILES string of the molecule is CC(=O)OC(=O)C1CN(CCCc2ccc(OCCCc3ccccc3)cc2)C1. The minimum Gasteiger partial charge on any atom is -0.494 e. The molecule has 1 saturated heterocycles. The van der Waals surface area contributed by atoms with Crippen LogP contribution < -0.4 is 4.74 Å². The Bertz CT molecular complexity index is 782. The predicted molar refractivity (Wildman–Crippen MR) is 112 cm³/mol. The van der Waals surface area contributed by atoms with Crippen molar-refractivity contribution in [1.82, 2.24) is 4.90 Å². The van der Waals surface area contributed by atoms with Crippen molar-refractivity contribution in [2.75, 3.05) is 26.2 Å². The molecule has 2 aromatic carbocycles. The Balaban J connectivity index is 1.27. The summed E-state index contributed by atoms with van der Waals surface area (Å²) in [5.74, 6) is -0.168. The smallest absolute Gasteiger partial charge is 0.319 e. The third-order valence-electron chi connectivity index (χ3n) is 5.12. The molecule has 0 radical (unpaired) electrons. The summed E-state index contributed by atoms with van der Waals surface area (Å²) in [6.45, 7) is 4.29. The summed E-state index contributed by atoms with van der Waals surface area (Å²) >= 11 is 0. The van der Waals surface area contributed by atoms with Crippen LogP contribution in [0, 0.1) is 5.92 Å². The normalized spacial score (nSPS) is 14.2. The van der Waals surface area contributed by atoms with Crippen LogP contribution in [0.15, 0.2) is 54.6 Å². The molecule has 1 heterocycles. The van der Waals surface area contributed by atoms with E-state index in [1.807, 2.05) is 18.2 Å². The molecule has 5 nitrogen and oxygen atoms in total. The average molecular weight is 395 g/mol. The van der Waals surface area contributed by atoms with E-state index >= 15 is 0 Å². The zero-order chi connectivity index (χ0) is 20.5. The van der Waals surface area contributed by atoms with E-state index in [0.29, 0.717) is 13.1 Å². The van der Waals surface area contributed by atoms with E-state index in [9.17, 15) is 9.59 Å². The number of hydrogen-bond acceptors (Lipinski definition) is 5. The first-order valence-corrected chi connectivity index (χ1v) is 10.3. The molecule has 0 N–H and O–H groups in total. The van der Waals surface area contributed by atoms with E-state index in [0.717, 1.165) is 44.6 Å². The standard InChI is InChI=1S/C24H29NO4/c1-19(26)29-24(27)22-17-25(18-22)15-5-9-21-11-13-23(14-12-21)28-16-6-10-20-7-3-2-4-8-20/h2-4,7-8,11-14,22H,5-6,9-10,15-18H2,1H3. The molecule has 2 aromatic rings. The van der Waals surface area contributed by atoms with Gasteiger partial charge in [-0.25, -0.2) is 0 Å². The summed E-state index contributed by atoms with van der Waals surface area (Å²) in [5.41, 5.74) is 2.63. The van der Waals surface area contributed by atoms with E-state index in [4.69, 9.17) is 4.74 Å². The van der Waals surface area contributed by atoms with Crippen LogP contribution in [0.2, 0.25) is 0 Å². The van der Waals surface area contributed by atoms with Gasteiger partial charge < -0.3 is 14.4 Å². The van der Waals surface area contributed by atoms with Crippen LogP contribution in [0.5, 0.6) is 5.75 Å². The summed E-state index contributed by atoms with van der Waals surface area (Å²) in [5, 5.41) is 0. The van der Waals surface area contributed by atoms with Gasteiger partial charge in [0.15, 0.2) is 0 Å². The molecule has 0 bridgehead atoms. The number of carbonyl (C=O) groups excluding carboxylic acids is 2. The van der Waals surface area contributed by atoms with Gasteiger partial charge in [-0.1, -0.05) is 42.5 Å². The molecule has 1 aliphatic rings. The van der Waals surface area contributed by atoms with Gasteiger partial charge in [-0.05, 0) is 55.5 Å². The highest BCUT2D eigenvalue weighted by Gasteiger charge is 2.33. The zero-order valence-corrected chi connectivity index (χ0v) is 17.0. The number of ether oxygens (including phenoxy) is 2. The highest BCUT2D eigenvalue weighted by Crippen LogP contribution is 2.19. The van der Waals surface area contributed by atoms with Crippen LogP contribution in [0.25, 0.3) is 0 Å². The van der Waals surface area contributed by atoms with Gasteiger partial charge in [-0.2, -0.15) is 0 Å². The van der Waals surface area contributed by atoms with Crippen LogP contribution >= 0.6 is 0 Å². The summed E-state index contributed by atoms with van der Waals surface area (Å²) in [6, 6.07) is 18.8. The molecule has 0 atom stereocenters. The predicted octanol–water partition coefficient (Wildman–Crippen LogP) is 3.65. The van der Waals surface area contributed by atoms with Gasteiger partial charge in [0, 0.05) is 20.0 Å². The Morgan fingerprint density at radius 3 is 2.28 bits per heavy atom. The fourth-order valence-electron chi connectivity index (χ4n) is 3.50. The van der Waals surface area contributed by atoms with E-state index in [-0.39, 0.29) is 5.92 Å². The van der Waals surface area contributed by atoms with Gasteiger partial charge in [-0.3, -0.25) is 9.59 Å². The molecule has 0 saturated carbocycles. The highest BCUT2D eigenvalue weighted by atomic mass is 16.6. The van der Waals surface area contributed by atoms with E-state index in [1.54, 1.807) is 0 Å². The van der Waals surface area contributed by atoms with Crippen LogP contribution in [0.3, 0.4) is 0 Å². The van der Waals surface area contributed by atoms with Crippen molar-refractivity contribution in [1.29, 1.82) is 0 Å². The number of likely N-dealkylation sites (tertiary alicyclic amines) is 1. The fraction of sp³-hybridized carbons (Fsp3) is 0.417. The van der Waals surface area contributed by atoms with E-state index in [1.165, 1.54) is 18.1 Å². The summed E-state index contributed by atoms with van der Waals surface area (Å²) in [7, 11) is 0. The monoisotopic (exact) mass is 395 g/mol. The number of hydrogen-bond donors (Lipinski definition) is 0. The Hall–Kier alpha value is -2.66. The van der Waals surface area contributed by atoms with Crippen molar-refractivity contribution in [3.8, 4) is 5.75 Å². The lowest BCUT2D eigenvalue weighted by Gasteiger charge is -2.37. The molecular formula is C24H29NO4. The van der Waals surface area contributed by atoms with Crippen molar-refractivity contribution in [2.45, 2.75) is 32.6 Å². The van der Waals surface area contributed by atoms with Crippen molar-refractivity contribution >= 4 is 11.9 Å². The largest absolute Gasteiger partial charge is 0.494 e. The molecule has 0 spiro atoms. The zero-order valence-electron chi connectivity index (χ0n) is 17.0. The Morgan fingerprint density at radius 2 is 1.59 bits per heavy atom. The third-order valence-corrected chi connectivity index (χ3v) is 5.12. The molecule has 29 heavy (non-hydrogen) atoms. The molecule has 0 amide bonds. The number of rotatable bonds is 10. The van der Waals surface area contributed by atoms with Gasteiger partial charge in [0.2, 0.25) is 0 Å². The molecule has 0 aromatic heterocycles. The first-order valence-electron chi connectivity index (χ1n) is 10.3. The van der Waals surface area contributed by atoms with Gasteiger partial charge in [0.1, 0.15) is 5.75 Å². The van der Waals surface area contributed by atoms with Crippen LogP contribution in [0.4, 0.5) is 0 Å². The molecule has 154 valence electrons. The topological polar surface area (TPSA) is 55.8 Å². The van der Waals surface area contributed by atoms with E-state index in [2.05, 4.69) is 46.0 Å². The van der Waals surface area contributed by atoms with Crippen LogP contribution in [-0.4, -0.2) is 43.1 Å². The Kier molecular flexibility index (Phi) is 7.82. The second kappa shape index (κ2) is 10.8. The van der Waals surface area contributed by atoms with E-state index < -0.39 is 11.9 Å². The minimum absolute atomic E-state index is 0.155. The van der Waals surface area contributed by atoms with Crippen LogP contribution in [0.1, 0.15) is 30.9 Å². The van der Waals surface area contributed by atoms with Crippen LogP contribution in [-0.2, 0) is 27.2 Å². The van der Waals surface area contributed by atoms with Gasteiger partial charge in [0.25, 0.3) is 0 Å². The summed E-state index contributed by atoms with van der Waals surface area (Å²) < 4.78 is 10.5. The maximum atomic E-state index is 11.6. The van der Waals surface area contributed by atoms with Crippen molar-refractivity contribution < 1.29 is 19.1 Å². The maximum Gasteiger partial charge on any atom is 0.319 e. The molecule has 5 heteroatoms. The molecule has 1 fully saturated rings. The van der Waals surface area contributed by atoms with Gasteiger partial charge in [0.05, 0.1) is 12.5 Å². The second-order valence-corrected chi connectivity index (χ2v) is 7.55. The lowest BCUT2D eigenvalue weighted by molar-refractivity contribution is -0.165. The van der Waals surface area contributed by atoms with Crippen molar-refractivity contribution in [3.05, 3.63) is 65.7 Å². The summed E-state index contributed by atoms with van der Waals surface area (Å²) in [4.78, 5) is 24.6. The minimum atomic E-state index is -0.530. The fourth-order valence-corrected chi connectivity index (χ4v) is 3.50.